The summed E-state index contributed by atoms with van der Waals surface area (Å²) in [7, 11) is 0. The second-order valence-electron chi connectivity index (χ2n) is 7.69. The molecule has 0 bridgehead atoms. The Balaban J connectivity index is 0.000000116. The van der Waals surface area contributed by atoms with Gasteiger partial charge in [-0.15, -0.1) is 0 Å². The van der Waals surface area contributed by atoms with Gasteiger partial charge < -0.3 is 0 Å². The summed E-state index contributed by atoms with van der Waals surface area (Å²) in [4.78, 5) is 0. The van der Waals surface area contributed by atoms with E-state index in [4.69, 9.17) is 0 Å². The van der Waals surface area contributed by atoms with Gasteiger partial charge in [-0.25, -0.2) is 0 Å². The van der Waals surface area contributed by atoms with Crippen molar-refractivity contribution in [3.63, 3.8) is 0 Å². The Hall–Kier alpha value is -3.38. The quantitative estimate of drug-likeness (QED) is 0.265. The van der Waals surface area contributed by atoms with Gasteiger partial charge in [-0.1, -0.05) is 97.1 Å². The zero-order valence-electron chi connectivity index (χ0n) is 15.7. The first kappa shape index (κ1) is 15.7. The monoisotopic (exact) mass is 356 g/mol. The van der Waals surface area contributed by atoms with E-state index in [9.17, 15) is 0 Å². The third-order valence-electron chi connectivity index (χ3n) is 6.15. The van der Waals surface area contributed by atoms with Gasteiger partial charge in [-0.2, -0.15) is 0 Å². The van der Waals surface area contributed by atoms with Gasteiger partial charge in [0.15, 0.2) is 0 Å². The number of benzene rings is 5. The van der Waals surface area contributed by atoms with Crippen molar-refractivity contribution >= 4 is 21.5 Å². The molecule has 2 aliphatic carbocycles. The molecule has 132 valence electrons. The van der Waals surface area contributed by atoms with Crippen LogP contribution < -0.4 is 0 Å². The van der Waals surface area contributed by atoms with Crippen LogP contribution in [0.1, 0.15) is 11.1 Å². The van der Waals surface area contributed by atoms with Crippen molar-refractivity contribution in [3.8, 4) is 22.3 Å². The summed E-state index contributed by atoms with van der Waals surface area (Å²) in [6, 6.07) is 35.0. The minimum Gasteiger partial charge on any atom is -0.0616 e. The van der Waals surface area contributed by atoms with Gasteiger partial charge in [-0.05, 0) is 67.8 Å². The highest BCUT2D eigenvalue weighted by Crippen LogP contribution is 2.46. The van der Waals surface area contributed by atoms with E-state index < -0.39 is 0 Å². The third kappa shape index (κ3) is 2.25. The van der Waals surface area contributed by atoms with Crippen LogP contribution in [0.25, 0.3) is 43.8 Å². The van der Waals surface area contributed by atoms with Crippen LogP contribution in [0.5, 0.6) is 0 Å². The number of fused-ring (bicyclic) bond motifs is 3. The lowest BCUT2D eigenvalue weighted by atomic mass is 10.0. The molecule has 0 nitrogen and oxygen atoms in total. The van der Waals surface area contributed by atoms with Crippen molar-refractivity contribution in [2.75, 3.05) is 0 Å². The minimum atomic E-state index is 1.23. The normalized spacial score (nSPS) is 12.7. The third-order valence-corrected chi connectivity index (χ3v) is 6.15. The molecule has 5 aromatic rings. The number of hydrogen-bond donors (Lipinski definition) is 0. The lowest BCUT2D eigenvalue weighted by Crippen LogP contribution is -1.76. The van der Waals surface area contributed by atoms with Gasteiger partial charge in [0.05, 0.1) is 0 Å². The minimum absolute atomic E-state index is 1.23. The van der Waals surface area contributed by atoms with E-state index in [-0.39, 0.29) is 0 Å². The van der Waals surface area contributed by atoms with Gasteiger partial charge in [0.1, 0.15) is 0 Å². The van der Waals surface area contributed by atoms with Crippen molar-refractivity contribution < 1.29 is 0 Å². The molecule has 0 aromatic heterocycles. The van der Waals surface area contributed by atoms with Crippen molar-refractivity contribution in [1.29, 1.82) is 0 Å². The second-order valence-corrected chi connectivity index (χ2v) is 7.69. The maximum Gasteiger partial charge on any atom is -0.00264 e. The first-order chi connectivity index (χ1) is 13.9. The zero-order chi connectivity index (χ0) is 18.5. The lowest BCUT2D eigenvalue weighted by molar-refractivity contribution is 1.02. The van der Waals surface area contributed by atoms with Crippen LogP contribution in [0.15, 0.2) is 97.1 Å². The molecule has 28 heavy (non-hydrogen) atoms. The number of hydrogen-bond acceptors (Lipinski definition) is 0. The van der Waals surface area contributed by atoms with Crippen molar-refractivity contribution in [2.24, 2.45) is 0 Å². The van der Waals surface area contributed by atoms with Crippen molar-refractivity contribution in [1.82, 2.24) is 0 Å². The first-order valence-electron chi connectivity index (χ1n) is 10.0. The van der Waals surface area contributed by atoms with Crippen LogP contribution in [0.2, 0.25) is 0 Å². The molecule has 0 unspecified atom stereocenters. The van der Waals surface area contributed by atoms with Crippen LogP contribution >= 0.6 is 0 Å². The van der Waals surface area contributed by atoms with E-state index in [2.05, 4.69) is 97.1 Å². The fraction of sp³-hybridized carbons (Fsp3) is 0.0714. The van der Waals surface area contributed by atoms with E-state index in [1.54, 1.807) is 0 Å². The highest BCUT2D eigenvalue weighted by atomic mass is 14.2. The molecule has 0 heteroatoms. The number of rotatable bonds is 0. The van der Waals surface area contributed by atoms with Crippen LogP contribution in [0.3, 0.4) is 0 Å². The zero-order valence-corrected chi connectivity index (χ0v) is 15.7. The topological polar surface area (TPSA) is 0 Å². The fourth-order valence-corrected chi connectivity index (χ4v) is 4.93. The maximum atomic E-state index is 2.25. The molecule has 0 radical (unpaired) electrons. The molecule has 0 N–H and O–H groups in total. The molecule has 0 saturated carbocycles. The Morgan fingerprint density at radius 1 is 0.357 bits per heavy atom. The predicted octanol–water partition coefficient (Wildman–Crippen LogP) is 7.43. The second kappa shape index (κ2) is 6.07. The first-order valence-corrected chi connectivity index (χ1v) is 10.0. The van der Waals surface area contributed by atoms with E-state index in [1.807, 2.05) is 0 Å². The van der Waals surface area contributed by atoms with Crippen molar-refractivity contribution in [2.45, 2.75) is 12.8 Å². The standard InChI is InChI=1S/C16H10.C12H10/c1-2-8-13-12(7-1)14-9-3-5-11-6-4-10-15(13)16(11)14;1-3-9-4-2-6-11-8-7-10(5-1)12(9)11/h1-10H;1-6H,7-8H2. The fourth-order valence-electron chi connectivity index (χ4n) is 4.93. The van der Waals surface area contributed by atoms with Gasteiger partial charge in [0.2, 0.25) is 0 Å². The van der Waals surface area contributed by atoms with E-state index in [0.29, 0.717) is 0 Å². The molecule has 5 aromatic carbocycles. The summed E-state index contributed by atoms with van der Waals surface area (Å²) in [6.07, 6.45) is 2.47. The molecule has 0 heterocycles. The van der Waals surface area contributed by atoms with Crippen molar-refractivity contribution in [3.05, 3.63) is 108 Å². The molecule has 0 fully saturated rings. The largest absolute Gasteiger partial charge is 0.0616 e. The van der Waals surface area contributed by atoms with E-state index in [1.165, 1.54) is 67.8 Å². The Morgan fingerprint density at radius 2 is 0.786 bits per heavy atom. The smallest absolute Gasteiger partial charge is 0.00264 e. The van der Waals surface area contributed by atoms with Gasteiger partial charge >= 0.3 is 0 Å². The van der Waals surface area contributed by atoms with E-state index >= 15 is 0 Å². The number of aryl methyl sites for hydroxylation is 2. The van der Waals surface area contributed by atoms with Crippen LogP contribution in [0, 0.1) is 0 Å². The predicted molar refractivity (Wildman–Crippen MR) is 120 cm³/mol. The Kier molecular flexibility index (Phi) is 3.39. The summed E-state index contributed by atoms with van der Waals surface area (Å²) in [5.74, 6) is 0. The molecule has 0 saturated heterocycles. The Bertz CT molecular complexity index is 1260. The molecule has 0 amide bonds. The highest BCUT2D eigenvalue weighted by Gasteiger charge is 2.19. The molecule has 0 spiro atoms. The van der Waals surface area contributed by atoms with Gasteiger partial charge in [-0.3, -0.25) is 0 Å². The van der Waals surface area contributed by atoms with Gasteiger partial charge in [0, 0.05) is 0 Å². The van der Waals surface area contributed by atoms with Crippen LogP contribution in [0.4, 0.5) is 0 Å². The van der Waals surface area contributed by atoms with E-state index in [0.717, 1.165) is 0 Å². The molecular formula is C28H20. The molecule has 0 aliphatic heterocycles. The van der Waals surface area contributed by atoms with Crippen LogP contribution in [-0.4, -0.2) is 0 Å². The summed E-state index contributed by atoms with van der Waals surface area (Å²) >= 11 is 0. The SMILES string of the molecule is c1cc2c3c(cccc3c1)CC2.c1ccc2c(c1)-c1cccc3cccc-2c13. The summed E-state index contributed by atoms with van der Waals surface area (Å²) in [6.45, 7) is 0. The Labute approximate surface area is 165 Å². The molecular weight excluding hydrogens is 336 g/mol. The average molecular weight is 356 g/mol. The molecule has 0 atom stereocenters. The molecule has 2 aliphatic rings. The maximum absolute atomic E-state index is 2.25. The molecule has 7 rings (SSSR count). The summed E-state index contributed by atoms with van der Waals surface area (Å²) in [5, 5.41) is 5.67. The summed E-state index contributed by atoms with van der Waals surface area (Å²) < 4.78 is 0. The lowest BCUT2D eigenvalue weighted by Gasteiger charge is -2.00. The Morgan fingerprint density at radius 3 is 1.32 bits per heavy atom. The van der Waals surface area contributed by atoms with Gasteiger partial charge in [0.25, 0.3) is 0 Å². The summed E-state index contributed by atoms with van der Waals surface area (Å²) in [5.41, 5.74) is 8.56. The average Bonchev–Trinajstić information content (AvgIpc) is 3.32. The highest BCUT2D eigenvalue weighted by molar-refractivity contribution is 6.15. The van der Waals surface area contributed by atoms with Crippen LogP contribution in [-0.2, 0) is 12.8 Å².